The highest BCUT2D eigenvalue weighted by Gasteiger charge is 2.33. The van der Waals surface area contributed by atoms with Gasteiger partial charge in [-0.25, -0.2) is 4.98 Å². The molecule has 2 N–H and O–H groups in total. The second kappa shape index (κ2) is 6.24. The Morgan fingerprint density at radius 3 is 2.67 bits per heavy atom. The fourth-order valence-electron chi connectivity index (χ4n) is 3.51. The van der Waals surface area contributed by atoms with Gasteiger partial charge in [0.25, 0.3) is 5.91 Å². The Kier molecular flexibility index (Phi) is 4.28. The lowest BCUT2D eigenvalue weighted by Gasteiger charge is -2.35. The third-order valence-corrected chi connectivity index (χ3v) is 4.66. The number of carbonyl (C=O) groups excluding carboxylic acids is 2. The summed E-state index contributed by atoms with van der Waals surface area (Å²) in [7, 11) is 1.93. The van der Waals surface area contributed by atoms with Gasteiger partial charge in [0.2, 0.25) is 0 Å². The Labute approximate surface area is 141 Å². The summed E-state index contributed by atoms with van der Waals surface area (Å²) < 4.78 is 1.94. The van der Waals surface area contributed by atoms with Gasteiger partial charge in [-0.3, -0.25) is 9.59 Å². The van der Waals surface area contributed by atoms with E-state index >= 15 is 0 Å². The maximum atomic E-state index is 13.1. The van der Waals surface area contributed by atoms with Crippen LogP contribution in [0.4, 0.5) is 0 Å². The average Bonchev–Trinajstić information content (AvgIpc) is 3.09. The van der Waals surface area contributed by atoms with Gasteiger partial charge in [-0.05, 0) is 26.3 Å². The normalized spacial score (nSPS) is 18.0. The molecule has 24 heavy (non-hydrogen) atoms. The van der Waals surface area contributed by atoms with Crippen molar-refractivity contribution in [2.24, 2.45) is 7.05 Å². The smallest absolute Gasteiger partial charge is 0.271 e. The molecule has 0 bridgehead atoms. The summed E-state index contributed by atoms with van der Waals surface area (Å²) in [6, 6.07) is -0.130. The molecule has 2 aromatic rings. The van der Waals surface area contributed by atoms with Crippen LogP contribution >= 0.6 is 0 Å². The van der Waals surface area contributed by atoms with Gasteiger partial charge in [0, 0.05) is 50.3 Å². The number of carbonyl (C=O) groups is 2. The molecule has 1 amide bonds. The van der Waals surface area contributed by atoms with Crippen LogP contribution in [-0.4, -0.2) is 50.8 Å². The number of rotatable bonds is 3. The van der Waals surface area contributed by atoms with E-state index in [-0.39, 0.29) is 17.7 Å². The second-order valence-corrected chi connectivity index (χ2v) is 6.30. The van der Waals surface area contributed by atoms with Gasteiger partial charge in [-0.15, -0.1) is 0 Å². The Hall–Kier alpha value is -2.41. The molecule has 7 nitrogen and oxygen atoms in total. The number of imidazole rings is 1. The number of aryl methyl sites for hydroxylation is 2. The van der Waals surface area contributed by atoms with E-state index in [0.29, 0.717) is 24.3 Å². The maximum Gasteiger partial charge on any atom is 0.271 e. The zero-order valence-electron chi connectivity index (χ0n) is 14.5. The topological polar surface area (TPSA) is 83.0 Å². The molecule has 0 spiro atoms. The number of ketones is 1. The van der Waals surface area contributed by atoms with E-state index in [1.54, 1.807) is 6.20 Å². The van der Waals surface area contributed by atoms with Gasteiger partial charge >= 0.3 is 0 Å². The lowest BCUT2D eigenvalue weighted by Crippen LogP contribution is -2.49. The van der Waals surface area contributed by atoms with Crippen LogP contribution in [0.2, 0.25) is 0 Å². The second-order valence-electron chi connectivity index (χ2n) is 6.30. The zero-order chi connectivity index (χ0) is 17.4. The molecule has 2 aromatic heterocycles. The number of Topliss-reactive ketones (excluding diaryl/α,β-unsaturated/α-hetero) is 1. The predicted molar refractivity (Wildman–Crippen MR) is 90.1 cm³/mol. The summed E-state index contributed by atoms with van der Waals surface area (Å²) in [6.07, 6.45) is 3.62. The van der Waals surface area contributed by atoms with Crippen molar-refractivity contribution in [3.05, 3.63) is 40.7 Å². The Morgan fingerprint density at radius 2 is 2.08 bits per heavy atom. The number of amides is 1. The monoisotopic (exact) mass is 329 g/mol. The Morgan fingerprint density at radius 1 is 1.33 bits per heavy atom. The molecule has 7 heteroatoms. The summed E-state index contributed by atoms with van der Waals surface area (Å²) >= 11 is 0. The molecule has 0 aromatic carbocycles. The number of nitrogens with one attached hydrogen (secondary N) is 2. The molecule has 0 radical (unpaired) electrons. The highest BCUT2D eigenvalue weighted by molar-refractivity contribution is 6.02. The molecular formula is C17H23N5O2. The van der Waals surface area contributed by atoms with Crippen molar-refractivity contribution >= 4 is 11.7 Å². The van der Waals surface area contributed by atoms with Gasteiger partial charge in [0.15, 0.2) is 5.78 Å². The molecule has 0 saturated carbocycles. The van der Waals surface area contributed by atoms with Crippen LogP contribution < -0.4 is 5.32 Å². The van der Waals surface area contributed by atoms with Crippen molar-refractivity contribution in [1.82, 2.24) is 24.8 Å². The molecule has 3 heterocycles. The third-order valence-electron chi connectivity index (χ3n) is 4.66. The van der Waals surface area contributed by atoms with Crippen molar-refractivity contribution in [2.75, 3.05) is 19.6 Å². The summed E-state index contributed by atoms with van der Waals surface area (Å²) in [5.41, 5.74) is 2.58. The van der Waals surface area contributed by atoms with Gasteiger partial charge in [0.1, 0.15) is 17.6 Å². The van der Waals surface area contributed by atoms with E-state index in [0.717, 1.165) is 23.6 Å². The molecule has 1 unspecified atom stereocenters. The molecule has 3 rings (SSSR count). The highest BCUT2D eigenvalue weighted by atomic mass is 16.2. The number of piperazine rings is 1. The van der Waals surface area contributed by atoms with Crippen molar-refractivity contribution in [3.63, 3.8) is 0 Å². The highest BCUT2D eigenvalue weighted by Crippen LogP contribution is 2.26. The van der Waals surface area contributed by atoms with E-state index < -0.39 is 0 Å². The third kappa shape index (κ3) is 2.65. The van der Waals surface area contributed by atoms with Crippen molar-refractivity contribution < 1.29 is 9.59 Å². The quantitative estimate of drug-likeness (QED) is 0.833. The molecule has 1 aliphatic heterocycles. The van der Waals surface area contributed by atoms with Crippen molar-refractivity contribution in [2.45, 2.75) is 26.8 Å². The predicted octanol–water partition coefficient (Wildman–Crippen LogP) is 1.35. The van der Waals surface area contributed by atoms with E-state index in [1.807, 2.05) is 36.6 Å². The molecule has 1 aliphatic rings. The number of aromatic nitrogens is 3. The Balaban J connectivity index is 1.97. The first-order chi connectivity index (χ1) is 11.4. The minimum absolute atomic E-state index is 0.0266. The standard InChI is InChI=1S/C17H23N5O2/c1-10-14(12(3)23)11(2)20-15(10)17(24)22-8-5-18-9-13(22)16-19-6-7-21(16)4/h6-7,13,18,20H,5,8-9H2,1-4H3. The number of aromatic amines is 1. The van der Waals surface area contributed by atoms with Crippen LogP contribution in [0.3, 0.4) is 0 Å². The van der Waals surface area contributed by atoms with Crippen LogP contribution in [0.1, 0.15) is 50.9 Å². The first-order valence-corrected chi connectivity index (χ1v) is 8.10. The van der Waals surface area contributed by atoms with Crippen LogP contribution in [0.15, 0.2) is 12.4 Å². The molecule has 1 atom stereocenters. The van der Waals surface area contributed by atoms with Crippen LogP contribution in [-0.2, 0) is 7.05 Å². The van der Waals surface area contributed by atoms with Crippen LogP contribution in [0.5, 0.6) is 0 Å². The number of hydrogen-bond donors (Lipinski definition) is 2. The van der Waals surface area contributed by atoms with Crippen molar-refractivity contribution in [1.29, 1.82) is 0 Å². The summed E-state index contributed by atoms with van der Waals surface area (Å²) in [6.45, 7) is 7.18. The summed E-state index contributed by atoms with van der Waals surface area (Å²) in [4.78, 5) is 34.3. The van der Waals surface area contributed by atoms with Crippen molar-refractivity contribution in [3.8, 4) is 0 Å². The minimum atomic E-state index is -0.130. The van der Waals surface area contributed by atoms with Gasteiger partial charge in [-0.2, -0.15) is 0 Å². The molecular weight excluding hydrogens is 306 g/mol. The first-order valence-electron chi connectivity index (χ1n) is 8.10. The minimum Gasteiger partial charge on any atom is -0.354 e. The van der Waals surface area contributed by atoms with Crippen LogP contribution in [0, 0.1) is 13.8 Å². The molecule has 1 saturated heterocycles. The maximum absolute atomic E-state index is 13.1. The van der Waals surface area contributed by atoms with E-state index in [9.17, 15) is 9.59 Å². The number of nitrogens with zero attached hydrogens (tertiary/aromatic N) is 3. The molecule has 1 fully saturated rings. The SMILES string of the molecule is CC(=O)c1c(C)[nH]c(C(=O)N2CCNCC2c2nccn2C)c1C. The molecule has 0 aliphatic carbocycles. The first kappa shape index (κ1) is 16.4. The summed E-state index contributed by atoms with van der Waals surface area (Å²) in [5, 5.41) is 3.32. The lowest BCUT2D eigenvalue weighted by molar-refractivity contribution is 0.0614. The number of hydrogen-bond acceptors (Lipinski definition) is 4. The fraction of sp³-hybridized carbons (Fsp3) is 0.471. The van der Waals surface area contributed by atoms with Gasteiger partial charge in [0.05, 0.1) is 0 Å². The Bertz CT molecular complexity index is 789. The lowest BCUT2D eigenvalue weighted by atomic mass is 10.1. The zero-order valence-corrected chi connectivity index (χ0v) is 14.5. The summed E-state index contributed by atoms with van der Waals surface area (Å²) in [5.74, 6) is 0.738. The largest absolute Gasteiger partial charge is 0.354 e. The van der Waals surface area contributed by atoms with E-state index in [2.05, 4.69) is 15.3 Å². The van der Waals surface area contributed by atoms with E-state index in [4.69, 9.17) is 0 Å². The van der Waals surface area contributed by atoms with Gasteiger partial charge < -0.3 is 19.8 Å². The average molecular weight is 329 g/mol. The van der Waals surface area contributed by atoms with Crippen LogP contribution in [0.25, 0.3) is 0 Å². The molecule has 128 valence electrons. The van der Waals surface area contributed by atoms with Gasteiger partial charge in [-0.1, -0.05) is 0 Å². The number of H-pyrrole nitrogens is 1. The van der Waals surface area contributed by atoms with E-state index in [1.165, 1.54) is 6.92 Å². The fourth-order valence-corrected chi connectivity index (χ4v) is 3.51.